The molecule has 6 heteroatoms. The van der Waals surface area contributed by atoms with E-state index >= 15 is 0 Å². The number of hydrogen-bond donors (Lipinski definition) is 0. The molecule has 112 valence electrons. The van der Waals surface area contributed by atoms with Gasteiger partial charge in [0.2, 0.25) is 0 Å². The topological polar surface area (TPSA) is 65.1 Å². The summed E-state index contributed by atoms with van der Waals surface area (Å²) in [7, 11) is 3.04. The van der Waals surface area contributed by atoms with Gasteiger partial charge < -0.3 is 19.1 Å². The molecule has 0 aliphatic carbocycles. The van der Waals surface area contributed by atoms with Gasteiger partial charge in [-0.15, -0.1) is 0 Å². The third kappa shape index (κ3) is 3.53. The maximum absolute atomic E-state index is 12.1. The van der Waals surface area contributed by atoms with Crippen LogP contribution in [0.5, 0.6) is 17.2 Å². The van der Waals surface area contributed by atoms with Gasteiger partial charge in [0, 0.05) is 18.2 Å². The summed E-state index contributed by atoms with van der Waals surface area (Å²) in [6, 6.07) is 4.87. The zero-order chi connectivity index (χ0) is 15.2. The highest BCUT2D eigenvalue weighted by Gasteiger charge is 2.20. The molecule has 1 aliphatic rings. The lowest BCUT2D eigenvalue weighted by molar-refractivity contribution is -0.105. The number of carbonyl (C=O) groups excluding carboxylic acids is 2. The van der Waals surface area contributed by atoms with E-state index in [1.807, 2.05) is 6.08 Å². The predicted octanol–water partition coefficient (Wildman–Crippen LogP) is 2.03. The Balaban J connectivity index is 2.06. The first kappa shape index (κ1) is 14.9. The van der Waals surface area contributed by atoms with Crippen LogP contribution in [0.2, 0.25) is 0 Å². The largest absolute Gasteiger partial charge is 0.493 e. The van der Waals surface area contributed by atoms with E-state index in [0.717, 1.165) is 6.29 Å². The molecule has 0 radical (unpaired) electrons. The quantitative estimate of drug-likeness (QED) is 0.794. The van der Waals surface area contributed by atoms with E-state index in [-0.39, 0.29) is 6.54 Å². The van der Waals surface area contributed by atoms with Crippen LogP contribution >= 0.6 is 0 Å². The van der Waals surface area contributed by atoms with E-state index in [1.165, 1.54) is 19.1 Å². The van der Waals surface area contributed by atoms with E-state index < -0.39 is 6.09 Å². The normalized spacial score (nSPS) is 14.2. The average Bonchev–Trinajstić information content (AvgIpc) is 2.54. The number of amides is 1. The van der Waals surface area contributed by atoms with Crippen LogP contribution in [0.15, 0.2) is 29.8 Å². The van der Waals surface area contributed by atoms with Crippen LogP contribution in [0.3, 0.4) is 0 Å². The summed E-state index contributed by atoms with van der Waals surface area (Å²) in [6.45, 7) is 0.805. The SMILES string of the molecule is COc1ccc(OC(=O)N2CCC=C(C=O)C2)cc1OC. The minimum atomic E-state index is -0.491. The van der Waals surface area contributed by atoms with Crippen LogP contribution in [-0.2, 0) is 4.79 Å². The van der Waals surface area contributed by atoms with Crippen molar-refractivity contribution in [1.29, 1.82) is 0 Å². The van der Waals surface area contributed by atoms with Crippen LogP contribution in [0.1, 0.15) is 6.42 Å². The standard InChI is InChI=1S/C15H17NO5/c1-19-13-6-5-12(8-14(13)20-2)21-15(18)16-7-3-4-11(9-16)10-17/h4-6,8,10H,3,7,9H2,1-2H3. The van der Waals surface area contributed by atoms with Gasteiger partial charge in [0.1, 0.15) is 12.0 Å². The number of rotatable bonds is 4. The molecule has 2 rings (SSSR count). The minimum Gasteiger partial charge on any atom is -0.493 e. The van der Waals surface area contributed by atoms with Crippen molar-refractivity contribution in [3.63, 3.8) is 0 Å². The van der Waals surface area contributed by atoms with Crippen LogP contribution < -0.4 is 14.2 Å². The third-order valence-corrected chi connectivity index (χ3v) is 3.15. The second-order valence-corrected chi connectivity index (χ2v) is 4.49. The molecule has 1 heterocycles. The average molecular weight is 291 g/mol. The molecular formula is C15H17NO5. The van der Waals surface area contributed by atoms with E-state index in [0.29, 0.717) is 35.8 Å². The first-order valence-electron chi connectivity index (χ1n) is 6.51. The van der Waals surface area contributed by atoms with E-state index in [9.17, 15) is 9.59 Å². The molecule has 0 fully saturated rings. The van der Waals surface area contributed by atoms with Crippen molar-refractivity contribution in [2.75, 3.05) is 27.3 Å². The molecule has 0 atom stereocenters. The molecule has 21 heavy (non-hydrogen) atoms. The summed E-state index contributed by atoms with van der Waals surface area (Å²) in [5.41, 5.74) is 0.588. The molecule has 0 N–H and O–H groups in total. The van der Waals surface area contributed by atoms with Gasteiger partial charge in [-0.25, -0.2) is 4.79 Å². The van der Waals surface area contributed by atoms with Gasteiger partial charge in [-0.05, 0) is 18.6 Å². The van der Waals surface area contributed by atoms with Gasteiger partial charge >= 0.3 is 6.09 Å². The van der Waals surface area contributed by atoms with Crippen molar-refractivity contribution < 1.29 is 23.8 Å². The predicted molar refractivity (Wildman–Crippen MR) is 75.9 cm³/mol. The Kier molecular flexibility index (Phi) is 4.81. The lowest BCUT2D eigenvalue weighted by Gasteiger charge is -2.24. The monoisotopic (exact) mass is 291 g/mol. The molecule has 0 saturated heterocycles. The fourth-order valence-electron chi connectivity index (χ4n) is 2.06. The fourth-order valence-corrected chi connectivity index (χ4v) is 2.06. The minimum absolute atomic E-state index is 0.273. The Labute approximate surface area is 122 Å². The number of methoxy groups -OCH3 is 2. The van der Waals surface area contributed by atoms with Gasteiger partial charge in [0.15, 0.2) is 11.5 Å². The summed E-state index contributed by atoms with van der Waals surface area (Å²) in [5, 5.41) is 0. The first-order chi connectivity index (χ1) is 10.2. The zero-order valence-corrected chi connectivity index (χ0v) is 12.0. The maximum Gasteiger partial charge on any atom is 0.415 e. The number of aldehydes is 1. The van der Waals surface area contributed by atoms with Crippen LogP contribution in [0.4, 0.5) is 4.79 Å². The van der Waals surface area contributed by atoms with Gasteiger partial charge in [-0.2, -0.15) is 0 Å². The van der Waals surface area contributed by atoms with Crippen molar-refractivity contribution in [3.05, 3.63) is 29.8 Å². The Morgan fingerprint density at radius 2 is 2.00 bits per heavy atom. The van der Waals surface area contributed by atoms with Crippen molar-refractivity contribution in [3.8, 4) is 17.2 Å². The van der Waals surface area contributed by atoms with E-state index in [4.69, 9.17) is 14.2 Å². The summed E-state index contributed by atoms with van der Waals surface area (Å²) in [6.07, 6.45) is 2.74. The molecule has 0 saturated carbocycles. The molecule has 1 aliphatic heterocycles. The zero-order valence-electron chi connectivity index (χ0n) is 12.0. The fraction of sp³-hybridized carbons (Fsp3) is 0.333. The van der Waals surface area contributed by atoms with Crippen LogP contribution in [-0.4, -0.2) is 44.6 Å². The molecule has 0 bridgehead atoms. The number of ether oxygens (including phenoxy) is 3. The van der Waals surface area contributed by atoms with Crippen molar-refractivity contribution in [2.45, 2.75) is 6.42 Å². The lowest BCUT2D eigenvalue weighted by atomic mass is 10.1. The van der Waals surface area contributed by atoms with E-state index in [1.54, 1.807) is 18.2 Å². The van der Waals surface area contributed by atoms with E-state index in [2.05, 4.69) is 0 Å². The molecule has 1 aromatic carbocycles. The second kappa shape index (κ2) is 6.78. The molecule has 1 aromatic rings. The molecule has 0 aromatic heterocycles. The number of benzene rings is 1. The third-order valence-electron chi connectivity index (χ3n) is 3.15. The van der Waals surface area contributed by atoms with Gasteiger partial charge in [-0.1, -0.05) is 6.08 Å². The lowest BCUT2D eigenvalue weighted by Crippen LogP contribution is -2.38. The number of hydrogen-bond acceptors (Lipinski definition) is 5. The molecule has 1 amide bonds. The summed E-state index contributed by atoms with van der Waals surface area (Å²) < 4.78 is 15.6. The number of nitrogens with zero attached hydrogens (tertiary/aromatic N) is 1. The Morgan fingerprint density at radius 3 is 2.67 bits per heavy atom. The highest BCUT2D eigenvalue weighted by atomic mass is 16.6. The first-order valence-corrected chi connectivity index (χ1v) is 6.51. The van der Waals surface area contributed by atoms with Crippen LogP contribution in [0.25, 0.3) is 0 Å². The smallest absolute Gasteiger partial charge is 0.415 e. The van der Waals surface area contributed by atoms with Crippen LogP contribution in [0, 0.1) is 0 Å². The van der Waals surface area contributed by atoms with Gasteiger partial charge in [0.25, 0.3) is 0 Å². The summed E-state index contributed by atoms with van der Waals surface area (Å²) >= 11 is 0. The Morgan fingerprint density at radius 1 is 1.24 bits per heavy atom. The highest BCUT2D eigenvalue weighted by Crippen LogP contribution is 2.31. The molecule has 0 unspecified atom stereocenters. The Hall–Kier alpha value is -2.50. The summed E-state index contributed by atoms with van der Waals surface area (Å²) in [4.78, 5) is 24.3. The van der Waals surface area contributed by atoms with Crippen molar-refractivity contribution in [2.24, 2.45) is 0 Å². The van der Waals surface area contributed by atoms with Crippen molar-refractivity contribution in [1.82, 2.24) is 4.90 Å². The molecular weight excluding hydrogens is 274 g/mol. The highest BCUT2D eigenvalue weighted by molar-refractivity contribution is 5.78. The maximum atomic E-state index is 12.1. The second-order valence-electron chi connectivity index (χ2n) is 4.49. The summed E-state index contributed by atoms with van der Waals surface area (Å²) in [5.74, 6) is 1.40. The Bertz CT molecular complexity index is 567. The van der Waals surface area contributed by atoms with Crippen molar-refractivity contribution >= 4 is 12.4 Å². The number of carbonyl (C=O) groups is 2. The molecule has 6 nitrogen and oxygen atoms in total. The molecule has 0 spiro atoms. The van der Waals surface area contributed by atoms with Gasteiger partial charge in [0.05, 0.1) is 20.8 Å². The van der Waals surface area contributed by atoms with Gasteiger partial charge in [-0.3, -0.25) is 4.79 Å².